The van der Waals surface area contributed by atoms with Gasteiger partial charge in [-0.3, -0.25) is 4.79 Å². The average Bonchev–Trinajstić information content (AvgIpc) is 3.30. The molecule has 1 amide bonds. The molecule has 1 aliphatic rings. The smallest absolute Gasteiger partial charge is 0.249 e. The molecule has 1 N–H and O–H groups in total. The molecular formula is C18H22FN3O2. The largest absolute Gasteiger partial charge is 0.344 e. The van der Waals surface area contributed by atoms with Crippen LogP contribution in [0.5, 0.6) is 0 Å². The van der Waals surface area contributed by atoms with Crippen LogP contribution in [-0.4, -0.2) is 16.0 Å². The van der Waals surface area contributed by atoms with E-state index in [9.17, 15) is 9.18 Å². The van der Waals surface area contributed by atoms with Crippen LogP contribution in [0.2, 0.25) is 0 Å². The van der Waals surface area contributed by atoms with Gasteiger partial charge in [-0.1, -0.05) is 31.1 Å². The van der Waals surface area contributed by atoms with Crippen molar-refractivity contribution in [2.75, 3.05) is 0 Å². The van der Waals surface area contributed by atoms with Gasteiger partial charge in [-0.05, 0) is 42.9 Å². The third-order valence-electron chi connectivity index (χ3n) is 4.20. The number of carbonyl (C=O) groups is 1. The molecule has 2 aromatic rings. The molecule has 0 radical (unpaired) electrons. The maximum Gasteiger partial charge on any atom is 0.249 e. The first-order valence-electron chi connectivity index (χ1n) is 8.40. The summed E-state index contributed by atoms with van der Waals surface area (Å²) >= 11 is 0. The Hall–Kier alpha value is -2.24. The van der Waals surface area contributed by atoms with Crippen molar-refractivity contribution in [3.63, 3.8) is 0 Å². The summed E-state index contributed by atoms with van der Waals surface area (Å²) in [6.45, 7) is 4.01. The zero-order valence-corrected chi connectivity index (χ0v) is 14.0. The fourth-order valence-electron chi connectivity index (χ4n) is 2.55. The molecule has 1 heterocycles. The van der Waals surface area contributed by atoms with Gasteiger partial charge < -0.3 is 9.84 Å². The van der Waals surface area contributed by atoms with E-state index in [4.69, 9.17) is 4.52 Å². The molecule has 1 aliphatic carbocycles. The number of hydrogen-bond donors (Lipinski definition) is 1. The van der Waals surface area contributed by atoms with Crippen LogP contribution in [0, 0.1) is 11.7 Å². The maximum atomic E-state index is 12.9. The first kappa shape index (κ1) is 16.6. The van der Waals surface area contributed by atoms with E-state index in [-0.39, 0.29) is 23.7 Å². The maximum absolute atomic E-state index is 12.9. The summed E-state index contributed by atoms with van der Waals surface area (Å²) in [5.41, 5.74) is 0.932. The first-order chi connectivity index (χ1) is 11.5. The van der Waals surface area contributed by atoms with Gasteiger partial charge in [0, 0.05) is 12.3 Å². The lowest BCUT2D eigenvalue weighted by atomic mass is 10.0. The molecule has 0 unspecified atom stereocenters. The quantitative estimate of drug-likeness (QED) is 0.843. The van der Waals surface area contributed by atoms with Gasteiger partial charge in [0.15, 0.2) is 5.82 Å². The number of hydrogen-bond acceptors (Lipinski definition) is 4. The molecule has 6 heteroatoms. The molecule has 1 aromatic carbocycles. The predicted molar refractivity (Wildman–Crippen MR) is 86.7 cm³/mol. The third kappa shape index (κ3) is 4.19. The van der Waals surface area contributed by atoms with E-state index >= 15 is 0 Å². The summed E-state index contributed by atoms with van der Waals surface area (Å²) < 4.78 is 18.2. The summed E-state index contributed by atoms with van der Waals surface area (Å²) in [6.07, 6.45) is 3.11. The predicted octanol–water partition coefficient (Wildman–Crippen LogP) is 3.53. The standard InChI is InChI=1S/C18H22FN3O2/c1-11(2)16(18-21-17(22-24-18)13-6-7-13)20-15(23)10-5-12-3-8-14(19)9-4-12/h3-4,8-9,11,13,16H,5-7,10H2,1-2H3,(H,20,23)/t16-/m1/s1. The summed E-state index contributed by atoms with van der Waals surface area (Å²) in [7, 11) is 0. The number of aryl methyl sites for hydroxylation is 1. The van der Waals surface area contributed by atoms with Crippen molar-refractivity contribution >= 4 is 5.91 Å². The van der Waals surface area contributed by atoms with Crippen molar-refractivity contribution < 1.29 is 13.7 Å². The number of nitrogens with one attached hydrogen (secondary N) is 1. The van der Waals surface area contributed by atoms with E-state index in [1.165, 1.54) is 12.1 Å². The van der Waals surface area contributed by atoms with Gasteiger partial charge in [-0.2, -0.15) is 4.98 Å². The van der Waals surface area contributed by atoms with E-state index in [1.54, 1.807) is 12.1 Å². The van der Waals surface area contributed by atoms with E-state index < -0.39 is 0 Å². The third-order valence-corrected chi connectivity index (χ3v) is 4.20. The Morgan fingerprint density at radius 1 is 1.33 bits per heavy atom. The van der Waals surface area contributed by atoms with Gasteiger partial charge in [0.05, 0.1) is 0 Å². The van der Waals surface area contributed by atoms with Crippen LogP contribution in [0.25, 0.3) is 0 Å². The lowest BCUT2D eigenvalue weighted by molar-refractivity contribution is -0.122. The second kappa shape index (κ2) is 7.11. The topological polar surface area (TPSA) is 68.0 Å². The van der Waals surface area contributed by atoms with Crippen molar-refractivity contribution in [2.45, 2.75) is 51.5 Å². The van der Waals surface area contributed by atoms with Gasteiger partial charge in [-0.15, -0.1) is 0 Å². The summed E-state index contributed by atoms with van der Waals surface area (Å²) in [5.74, 6) is 1.44. The molecule has 1 fully saturated rings. The lowest BCUT2D eigenvalue weighted by Crippen LogP contribution is -2.32. The number of aromatic nitrogens is 2. The van der Waals surface area contributed by atoms with Crippen LogP contribution in [0.1, 0.15) is 62.3 Å². The molecule has 1 saturated carbocycles. The van der Waals surface area contributed by atoms with E-state index in [2.05, 4.69) is 15.5 Å². The molecule has 1 atom stereocenters. The number of carbonyl (C=O) groups excluding carboxylic acids is 1. The van der Waals surface area contributed by atoms with Crippen molar-refractivity contribution in [3.05, 3.63) is 47.4 Å². The second-order valence-corrected chi connectivity index (χ2v) is 6.68. The molecule has 1 aromatic heterocycles. The van der Waals surface area contributed by atoms with Gasteiger partial charge in [0.1, 0.15) is 11.9 Å². The van der Waals surface area contributed by atoms with Crippen LogP contribution in [-0.2, 0) is 11.2 Å². The molecule has 3 rings (SSSR count). The highest BCUT2D eigenvalue weighted by Gasteiger charge is 2.31. The molecule has 24 heavy (non-hydrogen) atoms. The molecule has 0 bridgehead atoms. The molecule has 128 valence electrons. The van der Waals surface area contributed by atoms with E-state index in [1.807, 2.05) is 13.8 Å². The van der Waals surface area contributed by atoms with Gasteiger partial charge >= 0.3 is 0 Å². The second-order valence-electron chi connectivity index (χ2n) is 6.68. The van der Waals surface area contributed by atoms with Crippen molar-refractivity contribution in [2.24, 2.45) is 5.92 Å². The first-order valence-corrected chi connectivity index (χ1v) is 8.40. The highest BCUT2D eigenvalue weighted by atomic mass is 19.1. The molecule has 0 spiro atoms. The highest BCUT2D eigenvalue weighted by molar-refractivity contribution is 5.76. The van der Waals surface area contributed by atoms with Gasteiger partial charge in [0.25, 0.3) is 0 Å². The van der Waals surface area contributed by atoms with Crippen molar-refractivity contribution in [1.29, 1.82) is 0 Å². The fraction of sp³-hybridized carbons (Fsp3) is 0.500. The van der Waals surface area contributed by atoms with Crippen LogP contribution in [0.15, 0.2) is 28.8 Å². The molecular weight excluding hydrogens is 309 g/mol. The monoisotopic (exact) mass is 331 g/mol. The van der Waals surface area contributed by atoms with Crippen LogP contribution in [0.3, 0.4) is 0 Å². The van der Waals surface area contributed by atoms with Crippen LogP contribution >= 0.6 is 0 Å². The van der Waals surface area contributed by atoms with Crippen molar-refractivity contribution in [3.8, 4) is 0 Å². The highest BCUT2D eigenvalue weighted by Crippen LogP contribution is 2.38. The minimum absolute atomic E-state index is 0.0794. The SMILES string of the molecule is CC(C)[C@@H](NC(=O)CCc1ccc(F)cc1)c1nc(C2CC2)no1. The Balaban J connectivity index is 1.57. The zero-order valence-electron chi connectivity index (χ0n) is 14.0. The Labute approximate surface area is 140 Å². The number of rotatable bonds is 7. The Kier molecular flexibility index (Phi) is 4.92. The zero-order chi connectivity index (χ0) is 17.1. The number of halogens is 1. The minimum atomic E-state index is -0.286. The fourth-order valence-corrected chi connectivity index (χ4v) is 2.55. The lowest BCUT2D eigenvalue weighted by Gasteiger charge is -2.18. The molecule has 0 aliphatic heterocycles. The van der Waals surface area contributed by atoms with Crippen LogP contribution < -0.4 is 5.32 Å². The van der Waals surface area contributed by atoms with E-state index in [0.717, 1.165) is 24.2 Å². The normalized spacial score (nSPS) is 15.5. The van der Waals surface area contributed by atoms with Crippen molar-refractivity contribution in [1.82, 2.24) is 15.5 Å². The average molecular weight is 331 g/mol. The Bertz CT molecular complexity index is 693. The van der Waals surface area contributed by atoms with Gasteiger partial charge in [-0.25, -0.2) is 4.39 Å². The minimum Gasteiger partial charge on any atom is -0.344 e. The molecule has 0 saturated heterocycles. The van der Waals surface area contributed by atoms with Gasteiger partial charge in [0.2, 0.25) is 11.8 Å². The molecule has 5 nitrogen and oxygen atoms in total. The number of nitrogens with zero attached hydrogens (tertiary/aromatic N) is 2. The summed E-state index contributed by atoms with van der Waals surface area (Å²) in [4.78, 5) is 16.7. The Morgan fingerprint density at radius 2 is 2.04 bits per heavy atom. The number of amides is 1. The van der Waals surface area contributed by atoms with E-state index in [0.29, 0.717) is 24.7 Å². The summed E-state index contributed by atoms with van der Waals surface area (Å²) in [6, 6.07) is 5.92. The van der Waals surface area contributed by atoms with Crippen LogP contribution in [0.4, 0.5) is 4.39 Å². The summed E-state index contributed by atoms with van der Waals surface area (Å²) in [5, 5.41) is 7.00. The number of benzene rings is 1. The Morgan fingerprint density at radius 3 is 2.67 bits per heavy atom.